The molecule has 0 spiro atoms. The zero-order valence-electron chi connectivity index (χ0n) is 11.9. The molecule has 3 nitrogen and oxygen atoms in total. The number of aliphatic hydroxyl groups excluding tert-OH is 1. The van der Waals surface area contributed by atoms with Gasteiger partial charge in [-0.1, -0.05) is 19.6 Å². The second-order valence-electron chi connectivity index (χ2n) is 5.94. The first-order valence-corrected chi connectivity index (χ1v) is 7.16. The van der Waals surface area contributed by atoms with Gasteiger partial charge in [-0.2, -0.15) is 0 Å². The summed E-state index contributed by atoms with van der Waals surface area (Å²) in [5.41, 5.74) is 1.71. The highest BCUT2D eigenvalue weighted by Gasteiger charge is 2.39. The summed E-state index contributed by atoms with van der Waals surface area (Å²) in [6.45, 7) is 6.35. The van der Waals surface area contributed by atoms with E-state index in [4.69, 9.17) is 4.74 Å². The van der Waals surface area contributed by atoms with Gasteiger partial charge in [-0.25, -0.2) is 4.79 Å². The van der Waals surface area contributed by atoms with Gasteiger partial charge < -0.3 is 9.84 Å². The molecule has 4 atom stereocenters. The minimum Gasteiger partial charge on any atom is -0.466 e. The van der Waals surface area contributed by atoms with Crippen LogP contribution in [0.4, 0.5) is 0 Å². The topological polar surface area (TPSA) is 46.5 Å². The van der Waals surface area contributed by atoms with Crippen molar-refractivity contribution in [3.05, 3.63) is 23.8 Å². The van der Waals surface area contributed by atoms with Crippen LogP contribution in [0.25, 0.3) is 0 Å². The van der Waals surface area contributed by atoms with E-state index in [0.29, 0.717) is 23.7 Å². The van der Waals surface area contributed by atoms with Gasteiger partial charge in [-0.15, -0.1) is 0 Å². The molecule has 0 amide bonds. The van der Waals surface area contributed by atoms with Gasteiger partial charge in [0.15, 0.2) is 0 Å². The van der Waals surface area contributed by atoms with Gasteiger partial charge in [0, 0.05) is 5.57 Å². The van der Waals surface area contributed by atoms with E-state index < -0.39 is 0 Å². The van der Waals surface area contributed by atoms with E-state index in [1.165, 1.54) is 13.5 Å². The largest absolute Gasteiger partial charge is 0.466 e. The smallest absolute Gasteiger partial charge is 0.333 e. The number of esters is 1. The van der Waals surface area contributed by atoms with E-state index in [9.17, 15) is 9.90 Å². The van der Waals surface area contributed by atoms with Crippen molar-refractivity contribution >= 4 is 5.97 Å². The van der Waals surface area contributed by atoms with Crippen LogP contribution >= 0.6 is 0 Å². The number of rotatable bonds is 3. The normalized spacial score (nSPS) is 34.2. The molecule has 0 aromatic carbocycles. The van der Waals surface area contributed by atoms with E-state index >= 15 is 0 Å². The Morgan fingerprint density at radius 1 is 1.47 bits per heavy atom. The minimum atomic E-state index is -0.204. The Bertz CT molecular complexity index is 397. The Labute approximate surface area is 115 Å². The van der Waals surface area contributed by atoms with Gasteiger partial charge >= 0.3 is 5.97 Å². The lowest BCUT2D eigenvalue weighted by molar-refractivity contribution is -0.136. The first-order valence-electron chi connectivity index (χ1n) is 7.16. The number of fused-ring (bicyclic) bond motifs is 1. The molecule has 1 fully saturated rings. The summed E-state index contributed by atoms with van der Waals surface area (Å²) in [4.78, 5) is 11.7. The lowest BCUT2D eigenvalue weighted by Crippen LogP contribution is -2.36. The predicted molar refractivity (Wildman–Crippen MR) is 74.4 cm³/mol. The number of hydrogen-bond donors (Lipinski definition) is 1. The molecule has 106 valence electrons. The third kappa shape index (κ3) is 2.76. The van der Waals surface area contributed by atoms with Gasteiger partial charge in [-0.05, 0) is 54.9 Å². The lowest BCUT2D eigenvalue weighted by Gasteiger charge is -2.44. The number of allylic oxidation sites excluding steroid dienone is 1. The first kappa shape index (κ1) is 14.3. The Kier molecular flexibility index (Phi) is 4.46. The summed E-state index contributed by atoms with van der Waals surface area (Å²) in [5.74, 6) is 1.74. The number of carbonyl (C=O) groups excluding carboxylic acids is 1. The Morgan fingerprint density at radius 3 is 2.84 bits per heavy atom. The molecule has 1 saturated carbocycles. The molecule has 2 aliphatic rings. The molecule has 0 unspecified atom stereocenters. The molecular weight excluding hydrogens is 240 g/mol. The molecule has 19 heavy (non-hydrogen) atoms. The van der Waals surface area contributed by atoms with Crippen LogP contribution < -0.4 is 0 Å². The minimum absolute atomic E-state index is 0.0453. The van der Waals surface area contributed by atoms with Crippen LogP contribution in [0.15, 0.2) is 23.8 Å². The summed E-state index contributed by atoms with van der Waals surface area (Å²) in [6, 6.07) is 0. The van der Waals surface area contributed by atoms with Crippen LogP contribution in [-0.4, -0.2) is 24.8 Å². The molecule has 0 heterocycles. The SMILES string of the molecule is C=C(CO)[C@H]1CC[C@H](C)[C@@H]2CCC(C(=O)OC)=C[C@@H]21. The summed E-state index contributed by atoms with van der Waals surface area (Å²) in [5, 5.41) is 9.35. The standard InChI is InChI=1S/C16H24O3/c1-10-4-6-14(11(2)9-17)15-8-12(16(18)19-3)5-7-13(10)15/h8,10,13-15,17H,2,4-7,9H2,1,3H3/t10-,13-,14+,15-/m0/s1. The van der Waals surface area contributed by atoms with E-state index in [-0.39, 0.29) is 12.6 Å². The number of carbonyl (C=O) groups is 1. The molecule has 0 radical (unpaired) electrons. The Morgan fingerprint density at radius 2 is 2.21 bits per heavy atom. The average molecular weight is 264 g/mol. The molecule has 1 N–H and O–H groups in total. The van der Waals surface area contributed by atoms with Crippen molar-refractivity contribution in [1.82, 2.24) is 0 Å². The lowest BCUT2D eigenvalue weighted by atomic mass is 9.61. The fourth-order valence-corrected chi connectivity index (χ4v) is 3.78. The van der Waals surface area contributed by atoms with Gasteiger partial charge in [-0.3, -0.25) is 0 Å². The molecule has 2 aliphatic carbocycles. The number of hydrogen-bond acceptors (Lipinski definition) is 3. The molecule has 3 heteroatoms. The highest BCUT2D eigenvalue weighted by Crippen LogP contribution is 2.47. The van der Waals surface area contributed by atoms with E-state index in [1.807, 2.05) is 0 Å². The number of methoxy groups -OCH3 is 1. The van der Waals surface area contributed by atoms with Gasteiger partial charge in [0.2, 0.25) is 0 Å². The molecule has 2 rings (SSSR count). The summed E-state index contributed by atoms with van der Waals surface area (Å²) >= 11 is 0. The van der Waals surface area contributed by atoms with Crippen molar-refractivity contribution in [2.45, 2.75) is 32.6 Å². The molecule has 0 saturated heterocycles. The monoisotopic (exact) mass is 264 g/mol. The van der Waals surface area contributed by atoms with Crippen molar-refractivity contribution in [3.8, 4) is 0 Å². The van der Waals surface area contributed by atoms with E-state index in [2.05, 4.69) is 19.6 Å². The van der Waals surface area contributed by atoms with Crippen LogP contribution in [0.2, 0.25) is 0 Å². The van der Waals surface area contributed by atoms with Crippen LogP contribution in [-0.2, 0) is 9.53 Å². The summed E-state index contributed by atoms with van der Waals surface area (Å²) in [7, 11) is 1.43. The fourth-order valence-electron chi connectivity index (χ4n) is 3.78. The molecule has 0 aliphatic heterocycles. The Hall–Kier alpha value is -1.09. The third-order valence-electron chi connectivity index (χ3n) is 4.94. The molecule has 0 aromatic rings. The van der Waals surface area contributed by atoms with Crippen LogP contribution in [0.1, 0.15) is 32.6 Å². The van der Waals surface area contributed by atoms with Crippen molar-refractivity contribution in [2.24, 2.45) is 23.7 Å². The fraction of sp³-hybridized carbons (Fsp3) is 0.688. The van der Waals surface area contributed by atoms with Gasteiger partial charge in [0.25, 0.3) is 0 Å². The quantitative estimate of drug-likeness (QED) is 0.630. The van der Waals surface area contributed by atoms with Crippen molar-refractivity contribution in [2.75, 3.05) is 13.7 Å². The molecule has 0 bridgehead atoms. The summed E-state index contributed by atoms with van der Waals surface area (Å²) in [6.07, 6.45) is 6.21. The second kappa shape index (κ2) is 5.91. The zero-order valence-corrected chi connectivity index (χ0v) is 11.9. The maximum Gasteiger partial charge on any atom is 0.333 e. The van der Waals surface area contributed by atoms with Crippen molar-refractivity contribution < 1.29 is 14.6 Å². The van der Waals surface area contributed by atoms with Crippen molar-refractivity contribution in [1.29, 1.82) is 0 Å². The van der Waals surface area contributed by atoms with E-state index in [1.54, 1.807) is 0 Å². The number of ether oxygens (including phenoxy) is 1. The highest BCUT2D eigenvalue weighted by molar-refractivity contribution is 5.88. The third-order valence-corrected chi connectivity index (χ3v) is 4.94. The zero-order chi connectivity index (χ0) is 14.0. The van der Waals surface area contributed by atoms with Crippen molar-refractivity contribution in [3.63, 3.8) is 0 Å². The first-order chi connectivity index (χ1) is 9.08. The maximum absolute atomic E-state index is 11.7. The Balaban J connectivity index is 2.26. The highest BCUT2D eigenvalue weighted by atomic mass is 16.5. The summed E-state index contributed by atoms with van der Waals surface area (Å²) < 4.78 is 4.84. The average Bonchev–Trinajstić information content (AvgIpc) is 2.45. The predicted octanol–water partition coefficient (Wildman–Crippen LogP) is 2.71. The number of aliphatic hydroxyl groups is 1. The van der Waals surface area contributed by atoms with Gasteiger partial charge in [0.1, 0.15) is 0 Å². The van der Waals surface area contributed by atoms with Gasteiger partial charge in [0.05, 0.1) is 13.7 Å². The van der Waals surface area contributed by atoms with E-state index in [0.717, 1.165) is 30.4 Å². The maximum atomic E-state index is 11.7. The van der Waals surface area contributed by atoms with Crippen LogP contribution in [0.3, 0.4) is 0 Å². The molecule has 0 aromatic heterocycles. The van der Waals surface area contributed by atoms with Crippen LogP contribution in [0.5, 0.6) is 0 Å². The molecular formula is C16H24O3. The second-order valence-corrected chi connectivity index (χ2v) is 5.94. The van der Waals surface area contributed by atoms with Crippen LogP contribution in [0, 0.1) is 23.7 Å².